The number of methoxy groups -OCH3 is 2. The number of ether oxygens (including phenoxy) is 2. The normalized spacial score (nSPS) is 10.5. The van der Waals surface area contributed by atoms with Gasteiger partial charge in [0.1, 0.15) is 17.3 Å². The van der Waals surface area contributed by atoms with Gasteiger partial charge in [0.15, 0.2) is 0 Å². The van der Waals surface area contributed by atoms with Crippen LogP contribution in [0.5, 0.6) is 11.5 Å². The van der Waals surface area contributed by atoms with E-state index < -0.39 is 0 Å². The van der Waals surface area contributed by atoms with Crippen LogP contribution < -0.4 is 14.8 Å². The van der Waals surface area contributed by atoms with E-state index in [0.717, 1.165) is 0 Å². The van der Waals surface area contributed by atoms with Crippen molar-refractivity contribution in [3.05, 3.63) is 54.2 Å². The molecule has 0 spiro atoms. The fraction of sp³-hybridized carbons (Fsp3) is 0.211. The number of hydrogen-bond donors (Lipinski definition) is 1. The number of nitrogens with one attached hydrogen (secondary N) is 1. The predicted octanol–water partition coefficient (Wildman–Crippen LogP) is 3.76. The number of amides is 1. The van der Waals surface area contributed by atoms with Gasteiger partial charge in [0, 0.05) is 29.4 Å². The Kier molecular flexibility index (Phi) is 6.49. The lowest BCUT2D eigenvalue weighted by atomic mass is 10.2. The number of carbonyl (C=O) groups excluding carboxylic acids is 1. The Bertz CT molecular complexity index is 924. The molecule has 1 amide bonds. The zero-order valence-corrected chi connectivity index (χ0v) is 16.1. The van der Waals surface area contributed by atoms with E-state index in [-0.39, 0.29) is 17.5 Å². The first kappa shape index (κ1) is 19.7. The third-order valence-electron chi connectivity index (χ3n) is 3.66. The molecule has 3 aromatic rings. The maximum atomic E-state index is 13.0. The summed E-state index contributed by atoms with van der Waals surface area (Å²) in [6, 6.07) is 10.9. The van der Waals surface area contributed by atoms with Crippen LogP contribution in [0.4, 0.5) is 10.1 Å². The molecule has 0 aliphatic heterocycles. The number of halogens is 1. The zero-order valence-electron chi connectivity index (χ0n) is 15.3. The fourth-order valence-corrected chi connectivity index (χ4v) is 2.99. The number of nitrogens with zero attached hydrogens (tertiary/aromatic N) is 2. The van der Waals surface area contributed by atoms with Gasteiger partial charge in [-0.05, 0) is 24.3 Å². The lowest BCUT2D eigenvalue weighted by Crippen LogP contribution is -2.14. The molecule has 0 bridgehead atoms. The average molecular weight is 403 g/mol. The molecule has 0 atom stereocenters. The van der Waals surface area contributed by atoms with E-state index in [1.54, 1.807) is 44.6 Å². The zero-order chi connectivity index (χ0) is 19.9. The highest BCUT2D eigenvalue weighted by Crippen LogP contribution is 2.26. The summed E-state index contributed by atoms with van der Waals surface area (Å²) in [5.74, 6) is 2.00. The Morgan fingerprint density at radius 1 is 1.14 bits per heavy atom. The second kappa shape index (κ2) is 9.23. The van der Waals surface area contributed by atoms with Gasteiger partial charge in [-0.2, -0.15) is 4.98 Å². The molecule has 146 valence electrons. The van der Waals surface area contributed by atoms with Crippen LogP contribution in [0.2, 0.25) is 0 Å². The number of hydrogen-bond acceptors (Lipinski definition) is 7. The highest BCUT2D eigenvalue weighted by atomic mass is 32.2. The smallest absolute Gasteiger partial charge is 0.236 e. The van der Waals surface area contributed by atoms with E-state index in [1.165, 1.54) is 23.9 Å². The summed E-state index contributed by atoms with van der Waals surface area (Å²) >= 11 is 1.33. The minimum absolute atomic E-state index is 0.182. The molecule has 7 nitrogen and oxygen atoms in total. The van der Waals surface area contributed by atoms with Crippen molar-refractivity contribution in [1.82, 2.24) is 10.1 Å². The summed E-state index contributed by atoms with van der Waals surface area (Å²) in [6.45, 7) is 0. The second-order valence-corrected chi connectivity index (χ2v) is 6.65. The van der Waals surface area contributed by atoms with Gasteiger partial charge < -0.3 is 19.3 Å². The second-order valence-electron chi connectivity index (χ2n) is 5.66. The van der Waals surface area contributed by atoms with E-state index in [2.05, 4.69) is 15.5 Å². The molecule has 0 aliphatic carbocycles. The molecule has 2 aromatic carbocycles. The van der Waals surface area contributed by atoms with Crippen molar-refractivity contribution in [1.29, 1.82) is 0 Å². The van der Waals surface area contributed by atoms with Crippen LogP contribution in [-0.4, -0.2) is 36.0 Å². The molecular weight excluding hydrogens is 385 g/mol. The molecule has 1 aromatic heterocycles. The largest absolute Gasteiger partial charge is 0.497 e. The number of thioether (sulfide) groups is 1. The van der Waals surface area contributed by atoms with Crippen LogP contribution in [0.1, 0.15) is 5.89 Å². The van der Waals surface area contributed by atoms with Crippen LogP contribution in [0.3, 0.4) is 0 Å². The third kappa shape index (κ3) is 5.23. The molecule has 1 N–H and O–H groups in total. The minimum atomic E-state index is -0.331. The molecular formula is C19H18FN3O4S. The highest BCUT2D eigenvalue weighted by Gasteiger charge is 2.11. The van der Waals surface area contributed by atoms with E-state index >= 15 is 0 Å². The van der Waals surface area contributed by atoms with Gasteiger partial charge in [-0.25, -0.2) is 4.39 Å². The van der Waals surface area contributed by atoms with Gasteiger partial charge in [-0.1, -0.05) is 5.16 Å². The average Bonchev–Trinajstić information content (AvgIpc) is 3.17. The molecule has 28 heavy (non-hydrogen) atoms. The lowest BCUT2D eigenvalue weighted by molar-refractivity contribution is -0.113. The molecule has 0 unspecified atom stereocenters. The Balaban J connectivity index is 1.51. The van der Waals surface area contributed by atoms with Crippen LogP contribution in [0.25, 0.3) is 11.4 Å². The van der Waals surface area contributed by atoms with E-state index in [4.69, 9.17) is 14.0 Å². The van der Waals surface area contributed by atoms with Crippen LogP contribution in [0.15, 0.2) is 47.0 Å². The van der Waals surface area contributed by atoms with Crippen LogP contribution >= 0.6 is 11.8 Å². The number of benzene rings is 2. The summed E-state index contributed by atoms with van der Waals surface area (Å²) < 4.78 is 28.5. The standard InChI is InChI=1S/C19H18FN3O4S/c1-25-15-7-14(8-16(9-15)26-2)21-17(24)10-28-11-18-22-19(23-27-18)12-3-5-13(20)6-4-12/h3-9H,10-11H2,1-2H3,(H,21,24). The van der Waals surface area contributed by atoms with Gasteiger partial charge >= 0.3 is 0 Å². The molecule has 0 saturated heterocycles. The quantitative estimate of drug-likeness (QED) is 0.613. The Morgan fingerprint density at radius 2 is 1.82 bits per heavy atom. The van der Waals surface area contributed by atoms with Gasteiger partial charge in [0.25, 0.3) is 0 Å². The maximum Gasteiger partial charge on any atom is 0.236 e. The monoisotopic (exact) mass is 403 g/mol. The van der Waals surface area contributed by atoms with Crippen LogP contribution in [-0.2, 0) is 10.5 Å². The highest BCUT2D eigenvalue weighted by molar-refractivity contribution is 7.99. The number of carbonyl (C=O) groups is 1. The molecule has 1 heterocycles. The summed E-state index contributed by atoms with van der Waals surface area (Å²) in [6.07, 6.45) is 0. The SMILES string of the molecule is COc1cc(NC(=O)CSCc2nc(-c3ccc(F)cc3)no2)cc(OC)c1. The number of anilines is 1. The topological polar surface area (TPSA) is 86.5 Å². The molecule has 9 heteroatoms. The Labute approximate surface area is 165 Å². The third-order valence-corrected chi connectivity index (χ3v) is 4.58. The van der Waals surface area contributed by atoms with Crippen molar-refractivity contribution < 1.29 is 23.2 Å². The van der Waals surface area contributed by atoms with Crippen molar-refractivity contribution in [2.45, 2.75) is 5.75 Å². The van der Waals surface area contributed by atoms with E-state index in [1.807, 2.05) is 0 Å². The van der Waals surface area contributed by atoms with Crippen molar-refractivity contribution in [3.63, 3.8) is 0 Å². The molecule has 0 radical (unpaired) electrons. The van der Waals surface area contributed by atoms with Crippen LogP contribution in [0, 0.1) is 5.82 Å². The van der Waals surface area contributed by atoms with Gasteiger partial charge in [-0.3, -0.25) is 4.79 Å². The van der Waals surface area contributed by atoms with E-state index in [9.17, 15) is 9.18 Å². The van der Waals surface area contributed by atoms with Gasteiger partial charge in [-0.15, -0.1) is 11.8 Å². The van der Waals surface area contributed by atoms with Gasteiger partial charge in [0.05, 0.1) is 25.7 Å². The van der Waals surface area contributed by atoms with E-state index in [0.29, 0.717) is 40.2 Å². The van der Waals surface area contributed by atoms with Crippen molar-refractivity contribution in [2.24, 2.45) is 0 Å². The first-order valence-electron chi connectivity index (χ1n) is 8.26. The summed E-state index contributed by atoms with van der Waals surface area (Å²) in [4.78, 5) is 16.4. The predicted molar refractivity (Wildman–Crippen MR) is 104 cm³/mol. The lowest BCUT2D eigenvalue weighted by Gasteiger charge is -2.09. The van der Waals surface area contributed by atoms with Crippen molar-refractivity contribution in [2.75, 3.05) is 25.3 Å². The molecule has 0 saturated carbocycles. The minimum Gasteiger partial charge on any atom is -0.497 e. The summed E-state index contributed by atoms with van der Waals surface area (Å²) in [5, 5.41) is 6.66. The van der Waals surface area contributed by atoms with Crippen molar-refractivity contribution in [3.8, 4) is 22.9 Å². The first-order chi connectivity index (χ1) is 13.6. The number of rotatable bonds is 8. The molecule has 0 aliphatic rings. The van der Waals surface area contributed by atoms with Crippen molar-refractivity contribution >= 4 is 23.4 Å². The fourth-order valence-electron chi connectivity index (χ4n) is 2.34. The Morgan fingerprint density at radius 3 is 2.46 bits per heavy atom. The Hall–Kier alpha value is -3.07. The maximum absolute atomic E-state index is 13.0. The first-order valence-corrected chi connectivity index (χ1v) is 9.42. The summed E-state index contributed by atoms with van der Waals surface area (Å²) in [7, 11) is 3.08. The number of aromatic nitrogens is 2. The molecule has 3 rings (SSSR count). The summed E-state index contributed by atoms with van der Waals surface area (Å²) in [5.41, 5.74) is 1.24. The van der Waals surface area contributed by atoms with Gasteiger partial charge in [0.2, 0.25) is 17.6 Å². The molecule has 0 fully saturated rings.